The molecule has 3 aromatic rings. The number of hydrogen-bond acceptors (Lipinski definition) is 7. The van der Waals surface area contributed by atoms with E-state index in [-0.39, 0.29) is 6.23 Å². The van der Waals surface area contributed by atoms with Gasteiger partial charge in [0.2, 0.25) is 11.0 Å². The first kappa shape index (κ1) is 16.7. The Bertz CT molecular complexity index is 929. The van der Waals surface area contributed by atoms with Gasteiger partial charge in [-0.1, -0.05) is 42.1 Å². The van der Waals surface area contributed by atoms with Crippen molar-refractivity contribution in [2.75, 3.05) is 30.6 Å². The fraction of sp³-hybridized carbons (Fsp3) is 0.211. The average Bonchev–Trinajstić information content (AvgIpc) is 2.84. The first-order chi connectivity index (χ1) is 12.7. The molecule has 7 heteroatoms. The molecule has 2 aromatic carbocycles. The van der Waals surface area contributed by atoms with Gasteiger partial charge in [-0.25, -0.2) is 0 Å². The number of ether oxygens (including phenoxy) is 1. The zero-order chi connectivity index (χ0) is 18.1. The summed E-state index contributed by atoms with van der Waals surface area (Å²) < 4.78 is 6.22. The number of hydrogen-bond donors (Lipinski definition) is 1. The third-order valence-corrected chi connectivity index (χ3v) is 4.77. The highest BCUT2D eigenvalue weighted by Crippen LogP contribution is 2.39. The van der Waals surface area contributed by atoms with Gasteiger partial charge >= 0.3 is 0 Å². The zero-order valence-corrected chi connectivity index (χ0v) is 15.6. The second-order valence-corrected chi connectivity index (χ2v) is 6.90. The fourth-order valence-corrected chi connectivity index (χ4v) is 3.13. The van der Waals surface area contributed by atoms with E-state index in [1.165, 1.54) is 11.8 Å². The third kappa shape index (κ3) is 3.06. The molecule has 26 heavy (non-hydrogen) atoms. The van der Waals surface area contributed by atoms with Crippen LogP contribution < -0.4 is 15.0 Å². The lowest BCUT2D eigenvalue weighted by atomic mass is 10.1. The summed E-state index contributed by atoms with van der Waals surface area (Å²) in [6, 6.07) is 16.2. The van der Waals surface area contributed by atoms with E-state index < -0.39 is 0 Å². The van der Waals surface area contributed by atoms with Gasteiger partial charge in [-0.15, -0.1) is 10.2 Å². The second-order valence-electron chi connectivity index (χ2n) is 6.13. The minimum atomic E-state index is -0.361. The lowest BCUT2D eigenvalue weighted by Crippen LogP contribution is -2.17. The summed E-state index contributed by atoms with van der Waals surface area (Å²) in [5.74, 6) is 0.489. The van der Waals surface area contributed by atoms with Crippen LogP contribution in [-0.4, -0.2) is 35.5 Å². The van der Waals surface area contributed by atoms with E-state index in [4.69, 9.17) is 4.74 Å². The molecule has 0 saturated carbocycles. The Morgan fingerprint density at radius 3 is 2.54 bits per heavy atom. The van der Waals surface area contributed by atoms with E-state index in [9.17, 15) is 0 Å². The molecule has 1 aliphatic rings. The highest BCUT2D eigenvalue weighted by atomic mass is 32.2. The van der Waals surface area contributed by atoms with E-state index in [1.807, 2.05) is 44.6 Å². The summed E-state index contributed by atoms with van der Waals surface area (Å²) in [5.41, 5.74) is 4.68. The van der Waals surface area contributed by atoms with Gasteiger partial charge in [-0.3, -0.25) is 0 Å². The normalized spacial score (nSPS) is 15.1. The number of anilines is 2. The molecule has 0 radical (unpaired) electrons. The van der Waals surface area contributed by atoms with Crippen molar-refractivity contribution < 1.29 is 4.74 Å². The minimum Gasteiger partial charge on any atom is -0.448 e. The predicted molar refractivity (Wildman–Crippen MR) is 105 cm³/mol. The molecule has 0 unspecified atom stereocenters. The molecule has 0 fully saturated rings. The lowest BCUT2D eigenvalue weighted by Gasteiger charge is -2.20. The quantitative estimate of drug-likeness (QED) is 0.708. The van der Waals surface area contributed by atoms with Gasteiger partial charge in [0.1, 0.15) is 0 Å². The monoisotopic (exact) mass is 365 g/mol. The number of rotatable bonds is 3. The first-order valence-electron chi connectivity index (χ1n) is 8.24. The van der Waals surface area contributed by atoms with Crippen LogP contribution >= 0.6 is 11.8 Å². The van der Waals surface area contributed by atoms with E-state index in [1.54, 1.807) is 0 Å². The van der Waals surface area contributed by atoms with E-state index >= 15 is 0 Å². The van der Waals surface area contributed by atoms with Crippen molar-refractivity contribution in [1.82, 2.24) is 15.2 Å². The molecule has 6 nitrogen and oxygen atoms in total. The topological polar surface area (TPSA) is 63.2 Å². The van der Waals surface area contributed by atoms with Crippen LogP contribution in [0, 0.1) is 0 Å². The number of aromatic nitrogens is 3. The molecule has 0 bridgehead atoms. The van der Waals surface area contributed by atoms with Crippen molar-refractivity contribution >= 4 is 23.1 Å². The first-order valence-corrected chi connectivity index (χ1v) is 9.47. The average molecular weight is 365 g/mol. The Kier molecular flexibility index (Phi) is 4.38. The van der Waals surface area contributed by atoms with Gasteiger partial charge in [-0.05, 0) is 24.5 Å². The highest BCUT2D eigenvalue weighted by Gasteiger charge is 2.25. The maximum absolute atomic E-state index is 6.22. The molecule has 1 atom stereocenters. The van der Waals surface area contributed by atoms with Crippen LogP contribution in [0.3, 0.4) is 0 Å². The number of nitrogens with one attached hydrogen (secondary N) is 1. The number of fused-ring (bicyclic) bond motifs is 3. The van der Waals surface area contributed by atoms with Gasteiger partial charge in [0.15, 0.2) is 11.9 Å². The number of thioether (sulfide) groups is 1. The number of benzene rings is 2. The summed E-state index contributed by atoms with van der Waals surface area (Å²) in [5, 5.41) is 12.6. The van der Waals surface area contributed by atoms with Gasteiger partial charge in [0.25, 0.3) is 0 Å². The van der Waals surface area contributed by atoms with Gasteiger partial charge in [-0.2, -0.15) is 4.98 Å². The van der Waals surface area contributed by atoms with Gasteiger partial charge in [0, 0.05) is 36.6 Å². The van der Waals surface area contributed by atoms with Crippen molar-refractivity contribution in [2.45, 2.75) is 11.4 Å². The zero-order valence-electron chi connectivity index (χ0n) is 14.8. The molecule has 1 aliphatic heterocycles. The van der Waals surface area contributed by atoms with Gasteiger partial charge in [0.05, 0.1) is 0 Å². The summed E-state index contributed by atoms with van der Waals surface area (Å²) >= 11 is 1.44. The van der Waals surface area contributed by atoms with Crippen LogP contribution in [-0.2, 0) is 0 Å². The molecule has 0 amide bonds. The molecule has 0 aliphatic carbocycles. The van der Waals surface area contributed by atoms with Crippen LogP contribution in [0.2, 0.25) is 0 Å². The molecule has 132 valence electrons. The van der Waals surface area contributed by atoms with Crippen LogP contribution in [0.25, 0.3) is 11.3 Å². The Balaban J connectivity index is 1.79. The predicted octanol–water partition coefficient (Wildman–Crippen LogP) is 3.83. The van der Waals surface area contributed by atoms with Crippen LogP contribution in [0.15, 0.2) is 53.7 Å². The maximum Gasteiger partial charge on any atom is 0.247 e. The SMILES string of the molecule is CSc1nnc2c(n1)O[C@@H](c1ccc(N(C)C)cc1)Nc1ccccc1-2. The molecule has 2 heterocycles. The van der Waals surface area contributed by atoms with Crippen molar-refractivity contribution in [1.29, 1.82) is 0 Å². The van der Waals surface area contributed by atoms with Crippen molar-refractivity contribution in [2.24, 2.45) is 0 Å². The molecule has 0 saturated heterocycles. The lowest BCUT2D eigenvalue weighted by molar-refractivity contribution is 0.225. The summed E-state index contributed by atoms with van der Waals surface area (Å²) in [4.78, 5) is 6.60. The minimum absolute atomic E-state index is 0.361. The van der Waals surface area contributed by atoms with Crippen LogP contribution in [0.5, 0.6) is 5.88 Å². The molecular weight excluding hydrogens is 346 g/mol. The Morgan fingerprint density at radius 2 is 1.81 bits per heavy atom. The summed E-state index contributed by atoms with van der Waals surface area (Å²) in [6.07, 6.45) is 1.56. The van der Waals surface area contributed by atoms with Crippen molar-refractivity contribution in [3.8, 4) is 17.1 Å². The van der Waals surface area contributed by atoms with E-state index in [2.05, 4.69) is 49.7 Å². The number of nitrogens with zero attached hydrogens (tertiary/aromatic N) is 4. The Morgan fingerprint density at radius 1 is 1.04 bits per heavy atom. The summed E-state index contributed by atoms with van der Waals surface area (Å²) in [7, 11) is 4.04. The highest BCUT2D eigenvalue weighted by molar-refractivity contribution is 7.98. The summed E-state index contributed by atoms with van der Waals surface area (Å²) in [6.45, 7) is 0. The fourth-order valence-electron chi connectivity index (χ4n) is 2.83. The van der Waals surface area contributed by atoms with Gasteiger partial charge < -0.3 is 15.0 Å². The van der Waals surface area contributed by atoms with E-state index in [0.29, 0.717) is 16.7 Å². The third-order valence-electron chi connectivity index (χ3n) is 4.23. The molecule has 1 N–H and O–H groups in total. The largest absolute Gasteiger partial charge is 0.448 e. The molecule has 1 aromatic heterocycles. The van der Waals surface area contributed by atoms with E-state index in [0.717, 1.165) is 22.5 Å². The Labute approximate surface area is 156 Å². The van der Waals surface area contributed by atoms with Crippen LogP contribution in [0.1, 0.15) is 11.8 Å². The smallest absolute Gasteiger partial charge is 0.247 e. The Hall–Kier alpha value is -2.80. The van der Waals surface area contributed by atoms with Crippen LogP contribution in [0.4, 0.5) is 11.4 Å². The van der Waals surface area contributed by atoms with Crippen molar-refractivity contribution in [3.05, 3.63) is 54.1 Å². The molecule has 4 rings (SSSR count). The molecule has 0 spiro atoms. The van der Waals surface area contributed by atoms with Crippen molar-refractivity contribution in [3.63, 3.8) is 0 Å². The second kappa shape index (κ2) is 6.84. The number of para-hydroxylation sites is 1. The molecular formula is C19H19N5OS. The maximum atomic E-state index is 6.22. The standard InChI is InChI=1S/C19H19N5OS/c1-24(2)13-10-8-12(9-11-13)17-20-15-7-5-4-6-14(15)16-18(25-17)21-19(26-3)23-22-16/h4-11,17,20H,1-3H3/t17-/m0/s1.